The summed E-state index contributed by atoms with van der Waals surface area (Å²) < 4.78 is 15.8. The van der Waals surface area contributed by atoms with Crippen LogP contribution in [0, 0.1) is 0 Å². The van der Waals surface area contributed by atoms with Crippen molar-refractivity contribution in [1.29, 1.82) is 0 Å². The van der Waals surface area contributed by atoms with Crippen molar-refractivity contribution in [3.63, 3.8) is 0 Å². The summed E-state index contributed by atoms with van der Waals surface area (Å²) in [6, 6.07) is 8.19. The molecule has 1 saturated heterocycles. The van der Waals surface area contributed by atoms with Gasteiger partial charge in [-0.05, 0) is 53.2 Å². The summed E-state index contributed by atoms with van der Waals surface area (Å²) in [5.41, 5.74) is -1.15. The Kier molecular flexibility index (Phi) is 8.71. The number of ether oxygens (including phenoxy) is 3. The maximum absolute atomic E-state index is 12.6. The number of carbonyl (C=O) groups is 3. The van der Waals surface area contributed by atoms with Crippen LogP contribution < -0.4 is 4.74 Å². The second kappa shape index (κ2) is 10.9. The molecule has 1 atom stereocenters. The molecule has 0 bridgehead atoms. The van der Waals surface area contributed by atoms with E-state index in [9.17, 15) is 14.4 Å². The van der Waals surface area contributed by atoms with Crippen molar-refractivity contribution in [2.24, 2.45) is 0 Å². The molecule has 1 aliphatic rings. The monoisotopic (exact) mass is 463 g/mol. The summed E-state index contributed by atoms with van der Waals surface area (Å²) >= 11 is 0. The molecule has 9 nitrogen and oxygen atoms in total. The molecule has 1 aliphatic heterocycles. The number of hydrogen-bond donors (Lipinski definition) is 0. The Bertz CT molecular complexity index is 821. The summed E-state index contributed by atoms with van der Waals surface area (Å²) in [6.45, 7) is 11.2. The zero-order valence-electron chi connectivity index (χ0n) is 20.8. The van der Waals surface area contributed by atoms with Gasteiger partial charge in [0.15, 0.2) is 0 Å². The van der Waals surface area contributed by atoms with Gasteiger partial charge in [0.1, 0.15) is 17.4 Å². The minimum Gasteiger partial charge on any atom is -0.467 e. The highest BCUT2D eigenvalue weighted by molar-refractivity contribution is 5.82. The number of amides is 2. The Morgan fingerprint density at radius 3 is 2.27 bits per heavy atom. The largest absolute Gasteiger partial charge is 0.467 e. The average molecular weight is 464 g/mol. The lowest BCUT2D eigenvalue weighted by atomic mass is 9.98. The number of rotatable bonds is 6. The molecule has 2 rings (SSSR count). The molecule has 2 amide bonds. The van der Waals surface area contributed by atoms with Crippen LogP contribution in [0.1, 0.15) is 41.0 Å². The second-order valence-corrected chi connectivity index (χ2v) is 9.82. The molecular weight excluding hydrogens is 426 g/mol. The number of methoxy groups -OCH3 is 1. The highest BCUT2D eigenvalue weighted by Crippen LogP contribution is 2.22. The topological polar surface area (TPSA) is 88.6 Å². The van der Waals surface area contributed by atoms with Crippen molar-refractivity contribution < 1.29 is 28.6 Å². The SMILES string of the molecule is COC(=O)C1CN(CCC(C)(C)N(C)C(=O)Oc2ccccc2)CCN1C(=O)OC(C)(C)C. The van der Waals surface area contributed by atoms with Gasteiger partial charge >= 0.3 is 18.2 Å². The van der Waals surface area contributed by atoms with Crippen LogP contribution in [-0.2, 0) is 14.3 Å². The van der Waals surface area contributed by atoms with Gasteiger partial charge in [-0.25, -0.2) is 14.4 Å². The normalized spacial score (nSPS) is 17.3. The van der Waals surface area contributed by atoms with Crippen LogP contribution in [0.3, 0.4) is 0 Å². The van der Waals surface area contributed by atoms with Gasteiger partial charge in [0.25, 0.3) is 0 Å². The molecule has 1 unspecified atom stereocenters. The number of nitrogens with zero attached hydrogens (tertiary/aromatic N) is 3. The van der Waals surface area contributed by atoms with Crippen LogP contribution in [0.2, 0.25) is 0 Å². The molecule has 1 fully saturated rings. The van der Waals surface area contributed by atoms with Crippen molar-refractivity contribution in [3.8, 4) is 5.75 Å². The van der Waals surface area contributed by atoms with Gasteiger partial charge in [0.05, 0.1) is 7.11 Å². The molecular formula is C24H37N3O6. The van der Waals surface area contributed by atoms with Crippen molar-refractivity contribution in [3.05, 3.63) is 30.3 Å². The van der Waals surface area contributed by atoms with Gasteiger partial charge in [-0.3, -0.25) is 9.80 Å². The van der Waals surface area contributed by atoms with Crippen molar-refractivity contribution in [1.82, 2.24) is 14.7 Å². The second-order valence-electron chi connectivity index (χ2n) is 9.82. The minimum atomic E-state index is -0.748. The Morgan fingerprint density at radius 1 is 1.06 bits per heavy atom. The van der Waals surface area contributed by atoms with Gasteiger partial charge in [-0.2, -0.15) is 0 Å². The lowest BCUT2D eigenvalue weighted by molar-refractivity contribution is -0.149. The summed E-state index contributed by atoms with van der Waals surface area (Å²) in [5.74, 6) is 0.0118. The zero-order valence-corrected chi connectivity index (χ0v) is 20.8. The minimum absolute atomic E-state index is 0.334. The molecule has 9 heteroatoms. The van der Waals surface area contributed by atoms with Gasteiger partial charge in [0, 0.05) is 38.8 Å². The molecule has 1 aromatic rings. The first-order chi connectivity index (χ1) is 15.3. The lowest BCUT2D eigenvalue weighted by Crippen LogP contribution is -2.60. The highest BCUT2D eigenvalue weighted by atomic mass is 16.6. The van der Waals surface area contributed by atoms with Gasteiger partial charge in [0.2, 0.25) is 0 Å². The molecule has 1 aromatic carbocycles. The molecule has 0 aromatic heterocycles. The first-order valence-corrected chi connectivity index (χ1v) is 11.1. The summed E-state index contributed by atoms with van der Waals surface area (Å²) in [7, 11) is 3.02. The number of esters is 1. The quantitative estimate of drug-likeness (QED) is 0.598. The van der Waals surface area contributed by atoms with Crippen LogP contribution in [0.4, 0.5) is 9.59 Å². The van der Waals surface area contributed by atoms with Crippen LogP contribution in [0.25, 0.3) is 0 Å². The van der Waals surface area contributed by atoms with Crippen LogP contribution in [0.15, 0.2) is 30.3 Å². The Morgan fingerprint density at radius 2 is 1.70 bits per heavy atom. The van der Waals surface area contributed by atoms with Crippen molar-refractivity contribution >= 4 is 18.2 Å². The lowest BCUT2D eigenvalue weighted by Gasteiger charge is -2.42. The Hall–Kier alpha value is -2.81. The molecule has 33 heavy (non-hydrogen) atoms. The molecule has 0 radical (unpaired) electrons. The van der Waals surface area contributed by atoms with E-state index < -0.39 is 35.3 Å². The maximum atomic E-state index is 12.6. The van der Waals surface area contributed by atoms with E-state index >= 15 is 0 Å². The van der Waals surface area contributed by atoms with E-state index in [0.717, 1.165) is 0 Å². The Labute approximate surface area is 196 Å². The van der Waals surface area contributed by atoms with Crippen molar-refractivity contribution in [2.45, 2.75) is 58.2 Å². The van der Waals surface area contributed by atoms with E-state index in [1.165, 1.54) is 12.0 Å². The van der Waals surface area contributed by atoms with E-state index in [2.05, 4.69) is 4.90 Å². The number of piperazine rings is 1. The van der Waals surface area contributed by atoms with E-state index in [0.29, 0.717) is 38.3 Å². The highest BCUT2D eigenvalue weighted by Gasteiger charge is 2.39. The van der Waals surface area contributed by atoms with E-state index in [1.54, 1.807) is 44.9 Å². The smallest absolute Gasteiger partial charge is 0.415 e. The molecule has 0 N–H and O–H groups in total. The number of benzene rings is 1. The zero-order chi connectivity index (χ0) is 24.8. The standard InChI is InChI=1S/C24H37N3O6/c1-23(2,3)33-22(30)27-16-15-26(17-19(27)20(28)31-7)14-13-24(4,5)25(6)21(29)32-18-11-9-8-10-12-18/h8-12,19H,13-17H2,1-7H3. The third-order valence-electron chi connectivity index (χ3n) is 5.74. The third kappa shape index (κ3) is 7.63. The fourth-order valence-electron chi connectivity index (χ4n) is 3.42. The Balaban J connectivity index is 1.97. The molecule has 1 heterocycles. The fourth-order valence-corrected chi connectivity index (χ4v) is 3.42. The van der Waals surface area contributed by atoms with E-state index in [4.69, 9.17) is 14.2 Å². The molecule has 0 spiro atoms. The van der Waals surface area contributed by atoms with E-state index in [1.807, 2.05) is 32.0 Å². The molecule has 184 valence electrons. The maximum Gasteiger partial charge on any atom is 0.415 e. The fraction of sp³-hybridized carbons (Fsp3) is 0.625. The predicted molar refractivity (Wildman–Crippen MR) is 124 cm³/mol. The van der Waals surface area contributed by atoms with Crippen LogP contribution in [-0.4, -0.2) is 90.4 Å². The van der Waals surface area contributed by atoms with Crippen LogP contribution in [0.5, 0.6) is 5.75 Å². The van der Waals surface area contributed by atoms with E-state index in [-0.39, 0.29) is 0 Å². The summed E-state index contributed by atoms with van der Waals surface area (Å²) in [4.78, 5) is 42.7. The van der Waals surface area contributed by atoms with Crippen LogP contribution >= 0.6 is 0 Å². The predicted octanol–water partition coefficient (Wildman–Crippen LogP) is 3.38. The average Bonchev–Trinajstić information content (AvgIpc) is 2.75. The molecule has 0 saturated carbocycles. The number of hydrogen-bond acceptors (Lipinski definition) is 7. The summed E-state index contributed by atoms with van der Waals surface area (Å²) in [5, 5.41) is 0. The third-order valence-corrected chi connectivity index (χ3v) is 5.74. The first kappa shape index (κ1) is 26.4. The van der Waals surface area contributed by atoms with Gasteiger partial charge in [-0.15, -0.1) is 0 Å². The molecule has 0 aliphatic carbocycles. The van der Waals surface area contributed by atoms with Crippen molar-refractivity contribution in [2.75, 3.05) is 40.3 Å². The van der Waals surface area contributed by atoms with Gasteiger partial charge < -0.3 is 19.1 Å². The number of carbonyl (C=O) groups excluding carboxylic acids is 3. The number of para-hydroxylation sites is 1. The first-order valence-electron chi connectivity index (χ1n) is 11.1. The summed E-state index contributed by atoms with van der Waals surface area (Å²) in [6.07, 6.45) is -0.317. The van der Waals surface area contributed by atoms with Gasteiger partial charge in [-0.1, -0.05) is 18.2 Å².